The number of fused-ring (bicyclic) bond motifs is 1. The van der Waals surface area contributed by atoms with E-state index in [9.17, 15) is 0 Å². The zero-order chi connectivity index (χ0) is 12.5. The van der Waals surface area contributed by atoms with Crippen LogP contribution in [0.3, 0.4) is 0 Å². The fraction of sp³-hybridized carbons (Fsp3) is 0.133. The van der Waals surface area contributed by atoms with Gasteiger partial charge in [0.15, 0.2) is 0 Å². The van der Waals surface area contributed by atoms with Gasteiger partial charge in [0.05, 0.1) is 12.3 Å². The molecular weight excluding hydrogens is 224 g/mol. The first-order valence-corrected chi connectivity index (χ1v) is 5.92. The summed E-state index contributed by atoms with van der Waals surface area (Å²) in [5, 5.41) is 9.02. The molecule has 0 fully saturated rings. The van der Waals surface area contributed by atoms with Crippen molar-refractivity contribution in [2.75, 3.05) is 0 Å². The van der Waals surface area contributed by atoms with Crippen molar-refractivity contribution in [3.63, 3.8) is 0 Å². The minimum absolute atomic E-state index is 0.0740. The Morgan fingerprint density at radius 1 is 1.06 bits per heavy atom. The molecule has 18 heavy (non-hydrogen) atoms. The van der Waals surface area contributed by atoms with Crippen LogP contribution in [0.4, 0.5) is 0 Å². The summed E-state index contributed by atoms with van der Waals surface area (Å²) in [6.07, 6.45) is 4.09. The molecule has 0 atom stereocenters. The van der Waals surface area contributed by atoms with E-state index in [1.54, 1.807) is 0 Å². The van der Waals surface area contributed by atoms with E-state index in [0.29, 0.717) is 0 Å². The van der Waals surface area contributed by atoms with Crippen LogP contribution in [0, 0.1) is 6.92 Å². The molecule has 1 N–H and O–H groups in total. The summed E-state index contributed by atoms with van der Waals surface area (Å²) < 4.78 is 2.03. The van der Waals surface area contributed by atoms with Gasteiger partial charge in [0.1, 0.15) is 5.65 Å². The van der Waals surface area contributed by atoms with E-state index < -0.39 is 0 Å². The molecule has 3 heteroatoms. The molecule has 3 rings (SSSR count). The van der Waals surface area contributed by atoms with Gasteiger partial charge in [-0.05, 0) is 24.1 Å². The maximum Gasteiger partial charge on any atom is 0.137 e. The van der Waals surface area contributed by atoms with Crippen LogP contribution in [0.15, 0.2) is 48.8 Å². The lowest BCUT2D eigenvalue weighted by molar-refractivity contribution is 0.282. The van der Waals surface area contributed by atoms with Crippen molar-refractivity contribution in [3.8, 4) is 11.3 Å². The molecule has 0 radical (unpaired) electrons. The van der Waals surface area contributed by atoms with E-state index in [-0.39, 0.29) is 6.61 Å². The average Bonchev–Trinajstić information content (AvgIpc) is 2.81. The summed E-state index contributed by atoms with van der Waals surface area (Å²) in [5.41, 5.74) is 5.08. The van der Waals surface area contributed by atoms with Gasteiger partial charge >= 0.3 is 0 Å². The van der Waals surface area contributed by atoms with Gasteiger partial charge in [-0.1, -0.05) is 30.3 Å². The number of aromatic nitrogens is 2. The van der Waals surface area contributed by atoms with Crippen molar-refractivity contribution < 1.29 is 5.11 Å². The van der Waals surface area contributed by atoms with E-state index in [0.717, 1.165) is 22.5 Å². The third kappa shape index (κ3) is 1.89. The summed E-state index contributed by atoms with van der Waals surface area (Å²) in [7, 11) is 0. The number of aliphatic hydroxyl groups is 1. The first-order chi connectivity index (χ1) is 8.76. The number of benzene rings is 1. The third-order valence-corrected chi connectivity index (χ3v) is 3.03. The van der Waals surface area contributed by atoms with Gasteiger partial charge in [0.2, 0.25) is 0 Å². The van der Waals surface area contributed by atoms with Crippen molar-refractivity contribution in [1.29, 1.82) is 0 Å². The number of aryl methyl sites for hydroxylation is 1. The first-order valence-electron chi connectivity index (χ1n) is 5.92. The van der Waals surface area contributed by atoms with Crippen LogP contribution in [0.5, 0.6) is 0 Å². The smallest absolute Gasteiger partial charge is 0.137 e. The highest BCUT2D eigenvalue weighted by molar-refractivity contribution is 5.63. The Morgan fingerprint density at radius 2 is 1.83 bits per heavy atom. The average molecular weight is 238 g/mol. The normalized spacial score (nSPS) is 11.0. The molecular formula is C15H14N2O. The third-order valence-electron chi connectivity index (χ3n) is 3.03. The molecule has 90 valence electrons. The SMILES string of the molecule is Cc1ccc2nc(-c3ccc(CO)cc3)cn2c1. The number of rotatable bonds is 2. The number of aliphatic hydroxyl groups excluding tert-OH is 1. The Morgan fingerprint density at radius 3 is 2.56 bits per heavy atom. The van der Waals surface area contributed by atoms with Crippen molar-refractivity contribution >= 4 is 5.65 Å². The Kier molecular flexibility index (Phi) is 2.61. The summed E-state index contributed by atoms with van der Waals surface area (Å²) in [5.74, 6) is 0. The van der Waals surface area contributed by atoms with Gasteiger partial charge < -0.3 is 9.51 Å². The van der Waals surface area contributed by atoms with Crippen LogP contribution in [0.2, 0.25) is 0 Å². The lowest BCUT2D eigenvalue weighted by Gasteiger charge is -1.98. The lowest BCUT2D eigenvalue weighted by atomic mass is 10.1. The molecule has 0 amide bonds. The van der Waals surface area contributed by atoms with Gasteiger partial charge in [-0.3, -0.25) is 0 Å². The molecule has 3 aromatic rings. The van der Waals surface area contributed by atoms with Crippen molar-refractivity contribution in [2.24, 2.45) is 0 Å². The fourth-order valence-corrected chi connectivity index (χ4v) is 2.02. The highest BCUT2D eigenvalue weighted by Gasteiger charge is 2.04. The maximum atomic E-state index is 9.02. The Labute approximate surface area is 105 Å². The van der Waals surface area contributed by atoms with Crippen LogP contribution >= 0.6 is 0 Å². The molecule has 0 aliphatic rings. The second-order valence-corrected chi connectivity index (χ2v) is 4.45. The van der Waals surface area contributed by atoms with Crippen molar-refractivity contribution in [3.05, 3.63) is 59.9 Å². The second kappa shape index (κ2) is 4.27. The second-order valence-electron chi connectivity index (χ2n) is 4.45. The summed E-state index contributed by atoms with van der Waals surface area (Å²) in [4.78, 5) is 4.58. The molecule has 0 saturated carbocycles. The van der Waals surface area contributed by atoms with E-state index in [1.807, 2.05) is 40.9 Å². The standard InChI is InChI=1S/C15H14N2O/c1-11-2-7-15-16-14(9-17(15)8-11)13-5-3-12(10-18)4-6-13/h2-9,18H,10H2,1H3. The molecule has 2 aromatic heterocycles. The summed E-state index contributed by atoms with van der Waals surface area (Å²) >= 11 is 0. The molecule has 0 spiro atoms. The molecule has 0 aliphatic carbocycles. The molecule has 3 nitrogen and oxygen atoms in total. The fourth-order valence-electron chi connectivity index (χ4n) is 2.02. The topological polar surface area (TPSA) is 37.5 Å². The van der Waals surface area contributed by atoms with Gasteiger partial charge in [0, 0.05) is 18.0 Å². The van der Waals surface area contributed by atoms with Crippen molar-refractivity contribution in [2.45, 2.75) is 13.5 Å². The van der Waals surface area contributed by atoms with Crippen LogP contribution in [-0.2, 0) is 6.61 Å². The monoisotopic (exact) mass is 238 g/mol. The van der Waals surface area contributed by atoms with E-state index in [1.165, 1.54) is 5.56 Å². The zero-order valence-electron chi connectivity index (χ0n) is 10.2. The highest BCUT2D eigenvalue weighted by Crippen LogP contribution is 2.20. The maximum absolute atomic E-state index is 9.02. The Hall–Kier alpha value is -2.13. The number of hydrogen-bond donors (Lipinski definition) is 1. The van der Waals surface area contributed by atoms with Gasteiger partial charge in [-0.15, -0.1) is 0 Å². The molecule has 0 aliphatic heterocycles. The molecule has 2 heterocycles. The highest BCUT2D eigenvalue weighted by atomic mass is 16.3. The van der Waals surface area contributed by atoms with Gasteiger partial charge in [-0.25, -0.2) is 4.98 Å². The predicted molar refractivity (Wildman–Crippen MR) is 71.3 cm³/mol. The summed E-state index contributed by atoms with van der Waals surface area (Å²) in [6.45, 7) is 2.14. The lowest BCUT2D eigenvalue weighted by Crippen LogP contribution is -1.83. The molecule has 0 saturated heterocycles. The minimum atomic E-state index is 0.0740. The van der Waals surface area contributed by atoms with Gasteiger partial charge in [-0.2, -0.15) is 0 Å². The summed E-state index contributed by atoms with van der Waals surface area (Å²) in [6, 6.07) is 11.9. The Balaban J connectivity index is 2.07. The quantitative estimate of drug-likeness (QED) is 0.745. The number of hydrogen-bond acceptors (Lipinski definition) is 2. The van der Waals surface area contributed by atoms with E-state index >= 15 is 0 Å². The number of imidazole rings is 1. The molecule has 1 aromatic carbocycles. The van der Waals surface area contributed by atoms with Gasteiger partial charge in [0.25, 0.3) is 0 Å². The largest absolute Gasteiger partial charge is 0.392 e. The Bertz CT molecular complexity index is 683. The minimum Gasteiger partial charge on any atom is -0.392 e. The molecule has 0 unspecified atom stereocenters. The zero-order valence-corrected chi connectivity index (χ0v) is 10.2. The van der Waals surface area contributed by atoms with Crippen LogP contribution in [0.25, 0.3) is 16.9 Å². The molecule has 0 bridgehead atoms. The number of nitrogens with zero attached hydrogens (tertiary/aromatic N) is 2. The number of pyridine rings is 1. The van der Waals surface area contributed by atoms with Crippen LogP contribution < -0.4 is 0 Å². The van der Waals surface area contributed by atoms with E-state index in [2.05, 4.69) is 24.2 Å². The van der Waals surface area contributed by atoms with Crippen LogP contribution in [-0.4, -0.2) is 14.5 Å². The van der Waals surface area contributed by atoms with E-state index in [4.69, 9.17) is 5.11 Å². The van der Waals surface area contributed by atoms with Crippen molar-refractivity contribution in [1.82, 2.24) is 9.38 Å². The van der Waals surface area contributed by atoms with Crippen LogP contribution in [0.1, 0.15) is 11.1 Å². The predicted octanol–water partition coefficient (Wildman–Crippen LogP) is 2.80. The first kappa shape index (κ1) is 11.0.